The average Bonchev–Trinajstić information content (AvgIpc) is 3.27. The van der Waals surface area contributed by atoms with E-state index in [1.165, 1.54) is 11.8 Å². The molecule has 98 valence electrons. The number of nitrogens with one attached hydrogen (secondary N) is 1. The topological polar surface area (TPSA) is 89.6 Å². The number of nitrogen functional groups attached to an aromatic ring is 1. The summed E-state index contributed by atoms with van der Waals surface area (Å²) in [6.07, 6.45) is 5.74. The molecule has 0 saturated heterocycles. The largest absolute Gasteiger partial charge is 0.308 e. The van der Waals surface area contributed by atoms with Crippen molar-refractivity contribution in [2.75, 3.05) is 5.43 Å². The molecule has 2 aromatic rings. The summed E-state index contributed by atoms with van der Waals surface area (Å²) in [5, 5.41) is 1.53. The van der Waals surface area contributed by atoms with Gasteiger partial charge in [-0.2, -0.15) is 0 Å². The number of anilines is 1. The third-order valence-corrected chi connectivity index (χ3v) is 3.91. The number of nitrogens with two attached hydrogens (primary N) is 1. The fraction of sp³-hybridized carbons (Fsp3) is 0.333. The number of rotatable bonds is 4. The molecule has 2 aromatic heterocycles. The minimum atomic E-state index is 0.476. The molecule has 0 unspecified atom stereocenters. The van der Waals surface area contributed by atoms with Gasteiger partial charge in [0.25, 0.3) is 0 Å². The summed E-state index contributed by atoms with van der Waals surface area (Å²) in [5.74, 6) is 7.53. The van der Waals surface area contributed by atoms with E-state index in [0.717, 1.165) is 29.3 Å². The zero-order chi connectivity index (χ0) is 13.2. The smallest absolute Gasteiger partial charge is 0.193 e. The number of hydrazine groups is 1. The maximum atomic E-state index is 5.52. The quantitative estimate of drug-likeness (QED) is 0.381. The summed E-state index contributed by atoms with van der Waals surface area (Å²) < 4.78 is 0. The highest BCUT2D eigenvalue weighted by molar-refractivity contribution is 7.99. The molecule has 19 heavy (non-hydrogen) atoms. The van der Waals surface area contributed by atoms with Crippen LogP contribution in [-0.4, -0.2) is 19.9 Å². The molecule has 7 heteroatoms. The Morgan fingerprint density at radius 3 is 2.63 bits per heavy atom. The Morgan fingerprint density at radius 2 is 2.00 bits per heavy atom. The van der Waals surface area contributed by atoms with Crippen LogP contribution in [0.4, 0.5) is 5.82 Å². The van der Waals surface area contributed by atoms with Gasteiger partial charge < -0.3 is 5.43 Å². The molecule has 1 saturated carbocycles. The Kier molecular flexibility index (Phi) is 3.31. The van der Waals surface area contributed by atoms with Crippen molar-refractivity contribution in [3.05, 3.63) is 29.8 Å². The predicted molar refractivity (Wildman–Crippen MR) is 72.7 cm³/mol. The summed E-state index contributed by atoms with van der Waals surface area (Å²) in [6.45, 7) is 1.94. The van der Waals surface area contributed by atoms with E-state index in [1.54, 1.807) is 18.5 Å². The van der Waals surface area contributed by atoms with Gasteiger partial charge in [0.05, 0.1) is 0 Å². The zero-order valence-corrected chi connectivity index (χ0v) is 11.3. The molecule has 6 nitrogen and oxygen atoms in total. The van der Waals surface area contributed by atoms with Crippen molar-refractivity contribution in [3.8, 4) is 0 Å². The van der Waals surface area contributed by atoms with Gasteiger partial charge >= 0.3 is 0 Å². The molecule has 2 heterocycles. The second kappa shape index (κ2) is 5.10. The van der Waals surface area contributed by atoms with Gasteiger partial charge in [-0.3, -0.25) is 0 Å². The molecule has 1 aliphatic carbocycles. The first kappa shape index (κ1) is 12.3. The van der Waals surface area contributed by atoms with Crippen molar-refractivity contribution >= 4 is 17.6 Å². The van der Waals surface area contributed by atoms with Gasteiger partial charge in [-0.1, -0.05) is 0 Å². The molecular formula is C12H14N6S. The van der Waals surface area contributed by atoms with Gasteiger partial charge in [0.15, 0.2) is 5.16 Å². The Labute approximate surface area is 115 Å². The second-order valence-corrected chi connectivity index (χ2v) is 5.37. The zero-order valence-electron chi connectivity index (χ0n) is 10.5. The van der Waals surface area contributed by atoms with Crippen LogP contribution in [0.1, 0.15) is 30.1 Å². The van der Waals surface area contributed by atoms with E-state index in [9.17, 15) is 0 Å². The van der Waals surface area contributed by atoms with Crippen molar-refractivity contribution in [2.24, 2.45) is 5.84 Å². The summed E-state index contributed by atoms with van der Waals surface area (Å²) in [7, 11) is 0. The van der Waals surface area contributed by atoms with Crippen LogP contribution in [0.2, 0.25) is 0 Å². The van der Waals surface area contributed by atoms with E-state index < -0.39 is 0 Å². The van der Waals surface area contributed by atoms with E-state index in [4.69, 9.17) is 5.84 Å². The van der Waals surface area contributed by atoms with Crippen LogP contribution in [0.3, 0.4) is 0 Å². The SMILES string of the molecule is Cc1c(NN)nc(C2CC2)nc1Sc1ncccn1. The molecule has 1 fully saturated rings. The Hall–Kier alpha value is -1.73. The molecule has 0 aliphatic heterocycles. The maximum Gasteiger partial charge on any atom is 0.193 e. The van der Waals surface area contributed by atoms with E-state index in [0.29, 0.717) is 16.9 Å². The number of aromatic nitrogens is 4. The van der Waals surface area contributed by atoms with Crippen molar-refractivity contribution in [3.63, 3.8) is 0 Å². The monoisotopic (exact) mass is 274 g/mol. The van der Waals surface area contributed by atoms with E-state index in [-0.39, 0.29) is 0 Å². The molecule has 0 radical (unpaired) electrons. The van der Waals surface area contributed by atoms with Crippen LogP contribution in [0.5, 0.6) is 0 Å². The summed E-state index contributed by atoms with van der Waals surface area (Å²) >= 11 is 1.43. The number of hydrogen-bond acceptors (Lipinski definition) is 7. The van der Waals surface area contributed by atoms with Gasteiger partial charge in [-0.05, 0) is 37.6 Å². The summed E-state index contributed by atoms with van der Waals surface area (Å²) in [6, 6.07) is 1.79. The molecule has 3 N–H and O–H groups in total. The third kappa shape index (κ3) is 2.66. The van der Waals surface area contributed by atoms with Crippen molar-refractivity contribution in [1.82, 2.24) is 19.9 Å². The van der Waals surface area contributed by atoms with Crippen molar-refractivity contribution < 1.29 is 0 Å². The summed E-state index contributed by atoms with van der Waals surface area (Å²) in [4.78, 5) is 17.5. The van der Waals surface area contributed by atoms with E-state index in [2.05, 4.69) is 25.4 Å². The molecular weight excluding hydrogens is 260 g/mol. The van der Waals surface area contributed by atoms with Gasteiger partial charge in [0.1, 0.15) is 16.7 Å². The highest BCUT2D eigenvalue weighted by atomic mass is 32.2. The molecule has 1 aliphatic rings. The highest BCUT2D eigenvalue weighted by Crippen LogP contribution is 2.40. The minimum absolute atomic E-state index is 0.476. The Morgan fingerprint density at radius 1 is 1.26 bits per heavy atom. The standard InChI is InChI=1S/C12H14N6S/c1-7-9(18-13)16-10(8-3-4-8)17-11(7)19-12-14-5-2-6-15-12/h2,5-6,8H,3-4,13H2,1H3,(H,16,17,18). The van der Waals surface area contributed by atoms with Crippen LogP contribution >= 0.6 is 11.8 Å². The van der Waals surface area contributed by atoms with Gasteiger partial charge in [0, 0.05) is 23.9 Å². The van der Waals surface area contributed by atoms with Crippen LogP contribution in [-0.2, 0) is 0 Å². The third-order valence-electron chi connectivity index (χ3n) is 2.93. The molecule has 0 aromatic carbocycles. The van der Waals surface area contributed by atoms with Crippen LogP contribution in [0.25, 0.3) is 0 Å². The second-order valence-electron chi connectivity index (χ2n) is 4.41. The lowest BCUT2D eigenvalue weighted by Gasteiger charge is -2.10. The van der Waals surface area contributed by atoms with Crippen molar-refractivity contribution in [2.45, 2.75) is 35.9 Å². The fourth-order valence-corrected chi connectivity index (χ4v) is 2.49. The molecule has 0 bridgehead atoms. The number of nitrogens with zero attached hydrogens (tertiary/aromatic N) is 4. The normalized spacial score (nSPS) is 14.4. The van der Waals surface area contributed by atoms with Crippen LogP contribution in [0, 0.1) is 6.92 Å². The summed E-state index contributed by atoms with van der Waals surface area (Å²) in [5.41, 5.74) is 3.56. The Balaban J connectivity index is 1.97. The predicted octanol–water partition coefficient (Wildman–Crippen LogP) is 1.89. The van der Waals surface area contributed by atoms with Gasteiger partial charge in [-0.25, -0.2) is 25.8 Å². The highest BCUT2D eigenvalue weighted by Gasteiger charge is 2.28. The lowest BCUT2D eigenvalue weighted by Crippen LogP contribution is -2.13. The first-order chi connectivity index (χ1) is 9.28. The fourth-order valence-electron chi connectivity index (χ4n) is 1.70. The molecule has 0 spiro atoms. The Bertz CT molecular complexity index is 584. The molecule has 0 amide bonds. The minimum Gasteiger partial charge on any atom is -0.308 e. The molecule has 0 atom stereocenters. The first-order valence-corrected chi connectivity index (χ1v) is 6.89. The number of hydrogen-bond donors (Lipinski definition) is 2. The van der Waals surface area contributed by atoms with E-state index in [1.807, 2.05) is 6.92 Å². The first-order valence-electron chi connectivity index (χ1n) is 6.08. The maximum absolute atomic E-state index is 5.52. The van der Waals surface area contributed by atoms with Crippen molar-refractivity contribution in [1.29, 1.82) is 0 Å². The van der Waals surface area contributed by atoms with Gasteiger partial charge in [-0.15, -0.1) is 0 Å². The average molecular weight is 274 g/mol. The van der Waals surface area contributed by atoms with Crippen LogP contribution < -0.4 is 11.3 Å². The lowest BCUT2D eigenvalue weighted by molar-refractivity contribution is 0.857. The lowest BCUT2D eigenvalue weighted by atomic mass is 10.3. The molecule has 3 rings (SSSR count). The van der Waals surface area contributed by atoms with Crippen LogP contribution in [0.15, 0.2) is 28.6 Å². The van der Waals surface area contributed by atoms with Gasteiger partial charge in [0.2, 0.25) is 0 Å². The van der Waals surface area contributed by atoms with E-state index >= 15 is 0 Å².